The minimum absolute atomic E-state index is 0.154. The number of likely N-dealkylation sites (N-methyl/N-ethyl adjacent to an activating group) is 1. The van der Waals surface area contributed by atoms with Crippen molar-refractivity contribution in [2.75, 3.05) is 13.7 Å². The standard InChI is InChI=1S/C24H31N5O4/c1-4-28-22(31)20-13-19(21(30)25-14-16-9-11-18(33-3)12-10-16)27-29(20)15-24(28,2)23(32)26-17-7-5-6-8-17/h9-13,17H,4-8,14-15H2,1-3H3,(H,25,30)(H,26,32). The van der Waals surface area contributed by atoms with Gasteiger partial charge in [0, 0.05) is 25.2 Å². The first-order valence-corrected chi connectivity index (χ1v) is 11.5. The van der Waals surface area contributed by atoms with Crippen molar-refractivity contribution in [2.45, 2.75) is 64.2 Å². The largest absolute Gasteiger partial charge is 0.497 e. The minimum atomic E-state index is -1.07. The Balaban J connectivity index is 1.49. The highest BCUT2D eigenvalue weighted by Crippen LogP contribution is 2.28. The molecule has 2 aliphatic rings. The molecular weight excluding hydrogens is 422 g/mol. The zero-order valence-electron chi connectivity index (χ0n) is 19.4. The zero-order chi connectivity index (χ0) is 23.6. The van der Waals surface area contributed by atoms with Crippen molar-refractivity contribution < 1.29 is 19.1 Å². The summed E-state index contributed by atoms with van der Waals surface area (Å²) in [6.45, 7) is 4.53. The highest BCUT2D eigenvalue weighted by atomic mass is 16.5. The van der Waals surface area contributed by atoms with Crippen molar-refractivity contribution in [3.05, 3.63) is 47.3 Å². The smallest absolute Gasteiger partial charge is 0.273 e. The summed E-state index contributed by atoms with van der Waals surface area (Å²) in [5.74, 6) is -0.0997. The van der Waals surface area contributed by atoms with Crippen LogP contribution in [0.5, 0.6) is 5.75 Å². The lowest BCUT2D eigenvalue weighted by atomic mass is 9.94. The number of methoxy groups -OCH3 is 1. The number of hydrogen-bond donors (Lipinski definition) is 2. The second-order valence-corrected chi connectivity index (χ2v) is 8.88. The van der Waals surface area contributed by atoms with E-state index >= 15 is 0 Å². The summed E-state index contributed by atoms with van der Waals surface area (Å²) < 4.78 is 6.64. The molecule has 1 aromatic carbocycles. The van der Waals surface area contributed by atoms with Gasteiger partial charge in [0.25, 0.3) is 11.8 Å². The lowest BCUT2D eigenvalue weighted by molar-refractivity contribution is -0.133. The topological polar surface area (TPSA) is 106 Å². The molecule has 1 unspecified atom stereocenters. The molecule has 4 rings (SSSR count). The molecule has 176 valence electrons. The highest BCUT2D eigenvalue weighted by Gasteiger charge is 2.48. The van der Waals surface area contributed by atoms with Crippen LogP contribution in [0.25, 0.3) is 0 Å². The number of ether oxygens (including phenoxy) is 1. The fourth-order valence-corrected chi connectivity index (χ4v) is 4.67. The molecule has 1 atom stereocenters. The van der Waals surface area contributed by atoms with Gasteiger partial charge in [-0.05, 0) is 44.4 Å². The third-order valence-electron chi connectivity index (χ3n) is 6.64. The molecule has 1 aliphatic heterocycles. The van der Waals surface area contributed by atoms with Crippen LogP contribution >= 0.6 is 0 Å². The average Bonchev–Trinajstić information content (AvgIpc) is 3.48. The molecule has 2 aromatic rings. The van der Waals surface area contributed by atoms with Crippen molar-refractivity contribution in [3.63, 3.8) is 0 Å². The zero-order valence-corrected chi connectivity index (χ0v) is 19.4. The maximum Gasteiger partial charge on any atom is 0.273 e. The van der Waals surface area contributed by atoms with Crippen LogP contribution in [0.4, 0.5) is 0 Å². The maximum absolute atomic E-state index is 13.2. The van der Waals surface area contributed by atoms with Gasteiger partial charge in [-0.2, -0.15) is 5.10 Å². The van der Waals surface area contributed by atoms with Crippen LogP contribution in [0.15, 0.2) is 30.3 Å². The van der Waals surface area contributed by atoms with E-state index in [0.29, 0.717) is 18.8 Å². The predicted molar refractivity (Wildman–Crippen MR) is 122 cm³/mol. The van der Waals surface area contributed by atoms with Crippen LogP contribution in [0.3, 0.4) is 0 Å². The molecular formula is C24H31N5O4. The Morgan fingerprint density at radius 1 is 1.21 bits per heavy atom. The minimum Gasteiger partial charge on any atom is -0.497 e. The number of benzene rings is 1. The fourth-order valence-electron chi connectivity index (χ4n) is 4.67. The Labute approximate surface area is 193 Å². The predicted octanol–water partition coefficient (Wildman–Crippen LogP) is 2.11. The van der Waals surface area contributed by atoms with Gasteiger partial charge in [0.15, 0.2) is 5.69 Å². The number of rotatable bonds is 7. The lowest BCUT2D eigenvalue weighted by Gasteiger charge is -2.43. The normalized spacial score (nSPS) is 20.5. The molecule has 1 aliphatic carbocycles. The summed E-state index contributed by atoms with van der Waals surface area (Å²) in [6.07, 6.45) is 4.15. The second kappa shape index (κ2) is 9.25. The van der Waals surface area contributed by atoms with Crippen LogP contribution in [0.1, 0.15) is 66.1 Å². The molecule has 2 heterocycles. The van der Waals surface area contributed by atoms with E-state index in [9.17, 15) is 14.4 Å². The molecule has 9 nitrogen and oxygen atoms in total. The van der Waals surface area contributed by atoms with Gasteiger partial charge in [-0.3, -0.25) is 19.1 Å². The molecule has 0 radical (unpaired) electrons. The first-order valence-electron chi connectivity index (χ1n) is 11.5. The third kappa shape index (κ3) is 4.44. The number of nitrogens with zero attached hydrogens (tertiary/aromatic N) is 3. The van der Waals surface area contributed by atoms with Crippen molar-refractivity contribution in [2.24, 2.45) is 0 Å². The average molecular weight is 454 g/mol. The van der Waals surface area contributed by atoms with E-state index in [0.717, 1.165) is 37.0 Å². The summed E-state index contributed by atoms with van der Waals surface area (Å²) in [5.41, 5.74) is 0.322. The highest BCUT2D eigenvalue weighted by molar-refractivity contribution is 6.01. The van der Waals surface area contributed by atoms with Crippen LogP contribution < -0.4 is 15.4 Å². The van der Waals surface area contributed by atoms with Crippen molar-refractivity contribution in [1.29, 1.82) is 0 Å². The van der Waals surface area contributed by atoms with Crippen LogP contribution in [0.2, 0.25) is 0 Å². The lowest BCUT2D eigenvalue weighted by Crippen LogP contribution is -2.64. The van der Waals surface area contributed by atoms with E-state index < -0.39 is 5.54 Å². The summed E-state index contributed by atoms with van der Waals surface area (Å²) >= 11 is 0. The maximum atomic E-state index is 13.2. The van der Waals surface area contributed by atoms with Gasteiger partial charge in [-0.25, -0.2) is 0 Å². The van der Waals surface area contributed by atoms with E-state index in [1.165, 1.54) is 10.7 Å². The molecule has 3 amide bonds. The Bertz CT molecular complexity index is 1040. The van der Waals surface area contributed by atoms with Gasteiger partial charge in [0.1, 0.15) is 17.0 Å². The molecule has 0 saturated heterocycles. The Hall–Kier alpha value is -3.36. The molecule has 9 heteroatoms. The molecule has 0 spiro atoms. The summed E-state index contributed by atoms with van der Waals surface area (Å²) in [7, 11) is 1.60. The Morgan fingerprint density at radius 2 is 1.91 bits per heavy atom. The van der Waals surface area contributed by atoms with Gasteiger partial charge in [-0.15, -0.1) is 0 Å². The second-order valence-electron chi connectivity index (χ2n) is 8.88. The molecule has 2 N–H and O–H groups in total. The van der Waals surface area contributed by atoms with Crippen molar-refractivity contribution >= 4 is 17.7 Å². The number of carbonyl (C=O) groups excluding carboxylic acids is 3. The van der Waals surface area contributed by atoms with Crippen LogP contribution in [-0.4, -0.2) is 57.6 Å². The first-order chi connectivity index (χ1) is 15.9. The van der Waals surface area contributed by atoms with E-state index in [2.05, 4.69) is 15.7 Å². The molecule has 1 aromatic heterocycles. The summed E-state index contributed by atoms with van der Waals surface area (Å²) in [4.78, 5) is 40.7. The SMILES string of the molecule is CCN1C(=O)c2cc(C(=O)NCc3ccc(OC)cc3)nn2CC1(C)C(=O)NC1CCCC1. The summed E-state index contributed by atoms with van der Waals surface area (Å²) in [6, 6.07) is 9.05. The molecule has 1 saturated carbocycles. The Morgan fingerprint density at radius 3 is 2.55 bits per heavy atom. The number of carbonyl (C=O) groups is 3. The van der Waals surface area contributed by atoms with Crippen LogP contribution in [-0.2, 0) is 17.9 Å². The Kier molecular flexibility index (Phi) is 6.40. The number of aromatic nitrogens is 2. The van der Waals surface area contributed by atoms with E-state index in [-0.39, 0.29) is 36.0 Å². The van der Waals surface area contributed by atoms with Crippen molar-refractivity contribution in [3.8, 4) is 5.75 Å². The number of amides is 3. The number of nitrogens with one attached hydrogen (secondary N) is 2. The van der Waals surface area contributed by atoms with Gasteiger partial charge in [0.05, 0.1) is 13.7 Å². The van der Waals surface area contributed by atoms with Gasteiger partial charge < -0.3 is 20.3 Å². The molecule has 0 bridgehead atoms. The fraction of sp³-hybridized carbons (Fsp3) is 0.500. The summed E-state index contributed by atoms with van der Waals surface area (Å²) in [5, 5.41) is 10.3. The molecule has 1 fully saturated rings. The first kappa shape index (κ1) is 22.8. The monoisotopic (exact) mass is 453 g/mol. The van der Waals surface area contributed by atoms with Gasteiger partial charge in [-0.1, -0.05) is 25.0 Å². The molecule has 33 heavy (non-hydrogen) atoms. The van der Waals surface area contributed by atoms with Crippen LogP contribution in [0, 0.1) is 0 Å². The van der Waals surface area contributed by atoms with Gasteiger partial charge >= 0.3 is 0 Å². The van der Waals surface area contributed by atoms with E-state index in [4.69, 9.17) is 4.74 Å². The number of hydrogen-bond acceptors (Lipinski definition) is 5. The van der Waals surface area contributed by atoms with E-state index in [1.807, 2.05) is 31.2 Å². The third-order valence-corrected chi connectivity index (χ3v) is 6.64. The van der Waals surface area contributed by atoms with Crippen molar-refractivity contribution in [1.82, 2.24) is 25.3 Å². The van der Waals surface area contributed by atoms with E-state index in [1.54, 1.807) is 18.9 Å². The quantitative estimate of drug-likeness (QED) is 0.668. The van der Waals surface area contributed by atoms with Gasteiger partial charge in [0.2, 0.25) is 5.91 Å². The number of fused-ring (bicyclic) bond motifs is 1.